The first-order valence-corrected chi connectivity index (χ1v) is 4.94. The molecule has 0 amide bonds. The summed E-state index contributed by atoms with van der Waals surface area (Å²) in [4.78, 5) is 0. The fourth-order valence-corrected chi connectivity index (χ4v) is 1.92. The van der Waals surface area contributed by atoms with Gasteiger partial charge in [0.15, 0.2) is 11.6 Å². The molecule has 15 heavy (non-hydrogen) atoms. The molecule has 0 saturated heterocycles. The Kier molecular flexibility index (Phi) is 2.40. The third-order valence-corrected chi connectivity index (χ3v) is 3.04. The third-order valence-electron chi connectivity index (χ3n) is 3.04. The number of nitrogens with two attached hydrogens (primary N) is 1. The van der Waals surface area contributed by atoms with Crippen LogP contribution >= 0.6 is 0 Å². The van der Waals surface area contributed by atoms with E-state index in [1.165, 1.54) is 6.07 Å². The fourth-order valence-electron chi connectivity index (χ4n) is 1.92. The van der Waals surface area contributed by atoms with E-state index in [9.17, 15) is 9.50 Å². The molecule has 0 radical (unpaired) electrons. The lowest BCUT2D eigenvalue weighted by Crippen LogP contribution is -2.46. The molecule has 0 fully saturated rings. The molecule has 0 saturated carbocycles. The Bertz CT molecular complexity index is 383. The molecular weight excluding hydrogens is 197 g/mol. The molecule has 0 aromatic heterocycles. The number of halogens is 1. The summed E-state index contributed by atoms with van der Waals surface area (Å²) >= 11 is 0. The highest BCUT2D eigenvalue weighted by molar-refractivity contribution is 5.41. The summed E-state index contributed by atoms with van der Waals surface area (Å²) < 4.78 is 18.7. The van der Waals surface area contributed by atoms with E-state index >= 15 is 0 Å². The standard InChI is InChI=1S/C11H14FNO2/c1-7-5-15-10-8(11(7,14)6-13)3-2-4-9(10)12/h2-4,7,14H,5-6,13H2,1H3. The van der Waals surface area contributed by atoms with Gasteiger partial charge < -0.3 is 15.6 Å². The van der Waals surface area contributed by atoms with Crippen molar-refractivity contribution in [2.45, 2.75) is 12.5 Å². The topological polar surface area (TPSA) is 55.5 Å². The average Bonchev–Trinajstić information content (AvgIpc) is 2.24. The predicted octanol–water partition coefficient (Wildman–Crippen LogP) is 1.00. The zero-order chi connectivity index (χ0) is 11.1. The highest BCUT2D eigenvalue weighted by Gasteiger charge is 2.41. The van der Waals surface area contributed by atoms with E-state index in [4.69, 9.17) is 10.5 Å². The van der Waals surface area contributed by atoms with Crippen molar-refractivity contribution in [3.63, 3.8) is 0 Å². The number of benzene rings is 1. The zero-order valence-electron chi connectivity index (χ0n) is 8.53. The molecule has 2 atom stereocenters. The van der Waals surface area contributed by atoms with Gasteiger partial charge in [-0.25, -0.2) is 4.39 Å². The van der Waals surface area contributed by atoms with E-state index in [1.807, 2.05) is 6.92 Å². The first-order valence-electron chi connectivity index (χ1n) is 4.94. The smallest absolute Gasteiger partial charge is 0.165 e. The van der Waals surface area contributed by atoms with Crippen molar-refractivity contribution in [1.29, 1.82) is 0 Å². The van der Waals surface area contributed by atoms with Crippen LogP contribution in [0.3, 0.4) is 0 Å². The number of aliphatic hydroxyl groups is 1. The van der Waals surface area contributed by atoms with E-state index in [0.717, 1.165) is 0 Å². The molecule has 3 N–H and O–H groups in total. The van der Waals surface area contributed by atoms with Crippen LogP contribution < -0.4 is 10.5 Å². The largest absolute Gasteiger partial charge is 0.490 e. The van der Waals surface area contributed by atoms with Crippen molar-refractivity contribution in [1.82, 2.24) is 0 Å². The normalized spacial score (nSPS) is 29.5. The van der Waals surface area contributed by atoms with Crippen LogP contribution in [0.5, 0.6) is 5.75 Å². The lowest BCUT2D eigenvalue weighted by Gasteiger charge is -2.38. The van der Waals surface area contributed by atoms with Gasteiger partial charge in [-0.2, -0.15) is 0 Å². The molecular formula is C11H14FNO2. The van der Waals surface area contributed by atoms with Gasteiger partial charge in [0.25, 0.3) is 0 Å². The lowest BCUT2D eigenvalue weighted by molar-refractivity contribution is -0.0448. The van der Waals surface area contributed by atoms with Crippen LogP contribution in [-0.4, -0.2) is 18.3 Å². The highest BCUT2D eigenvalue weighted by atomic mass is 19.1. The van der Waals surface area contributed by atoms with Crippen LogP contribution in [0.1, 0.15) is 12.5 Å². The first-order chi connectivity index (χ1) is 7.09. The molecule has 82 valence electrons. The lowest BCUT2D eigenvalue weighted by atomic mass is 9.80. The Morgan fingerprint density at radius 3 is 3.07 bits per heavy atom. The van der Waals surface area contributed by atoms with E-state index in [-0.39, 0.29) is 24.8 Å². The van der Waals surface area contributed by atoms with Crippen LogP contribution in [0.4, 0.5) is 4.39 Å². The summed E-state index contributed by atoms with van der Waals surface area (Å²) in [6.07, 6.45) is 0. The van der Waals surface area contributed by atoms with Crippen molar-refractivity contribution in [3.8, 4) is 5.75 Å². The molecule has 2 unspecified atom stereocenters. The minimum atomic E-state index is -1.18. The van der Waals surface area contributed by atoms with Crippen LogP contribution in [0.25, 0.3) is 0 Å². The Hall–Kier alpha value is -1.13. The van der Waals surface area contributed by atoms with Gasteiger partial charge in [-0.05, 0) is 6.07 Å². The Balaban J connectivity index is 2.58. The van der Waals surface area contributed by atoms with Crippen LogP contribution in [0.2, 0.25) is 0 Å². The predicted molar refractivity (Wildman–Crippen MR) is 54.0 cm³/mol. The van der Waals surface area contributed by atoms with Gasteiger partial charge in [-0.1, -0.05) is 19.1 Å². The monoisotopic (exact) mass is 211 g/mol. The molecule has 1 aliphatic rings. The number of fused-ring (bicyclic) bond motifs is 1. The number of hydrogen-bond acceptors (Lipinski definition) is 3. The van der Waals surface area contributed by atoms with Gasteiger partial charge in [0, 0.05) is 18.0 Å². The SMILES string of the molecule is CC1COc2c(F)cccc2C1(O)CN. The molecule has 0 bridgehead atoms. The number of rotatable bonds is 1. The minimum Gasteiger partial charge on any atom is -0.490 e. The van der Waals surface area contributed by atoms with E-state index in [0.29, 0.717) is 5.56 Å². The average molecular weight is 211 g/mol. The molecule has 1 aromatic rings. The molecule has 0 aliphatic carbocycles. The second-order valence-corrected chi connectivity index (χ2v) is 3.96. The van der Waals surface area contributed by atoms with Gasteiger partial charge in [0.05, 0.1) is 6.61 Å². The second kappa shape index (κ2) is 3.47. The maximum atomic E-state index is 13.4. The Morgan fingerprint density at radius 1 is 1.67 bits per heavy atom. The van der Waals surface area contributed by atoms with Gasteiger partial charge in [0.1, 0.15) is 5.60 Å². The van der Waals surface area contributed by atoms with Crippen molar-refractivity contribution in [2.75, 3.05) is 13.2 Å². The Labute approximate surface area is 87.7 Å². The van der Waals surface area contributed by atoms with Gasteiger partial charge in [0.2, 0.25) is 0 Å². The second-order valence-electron chi connectivity index (χ2n) is 3.96. The summed E-state index contributed by atoms with van der Waals surface area (Å²) in [5, 5.41) is 10.4. The number of para-hydroxylation sites is 1. The van der Waals surface area contributed by atoms with Crippen molar-refractivity contribution < 1.29 is 14.2 Å². The molecule has 1 heterocycles. The fraction of sp³-hybridized carbons (Fsp3) is 0.455. The van der Waals surface area contributed by atoms with Crippen LogP contribution in [0.15, 0.2) is 18.2 Å². The molecule has 1 aromatic carbocycles. The third kappa shape index (κ3) is 1.41. The molecule has 2 rings (SSSR count). The number of hydrogen-bond donors (Lipinski definition) is 2. The van der Waals surface area contributed by atoms with E-state index in [1.54, 1.807) is 12.1 Å². The minimum absolute atomic E-state index is 0.0635. The maximum Gasteiger partial charge on any atom is 0.165 e. The van der Waals surface area contributed by atoms with E-state index < -0.39 is 11.4 Å². The van der Waals surface area contributed by atoms with Crippen molar-refractivity contribution in [3.05, 3.63) is 29.6 Å². The highest BCUT2D eigenvalue weighted by Crippen LogP contribution is 2.40. The molecule has 4 heteroatoms. The summed E-state index contributed by atoms with van der Waals surface area (Å²) in [5.74, 6) is -0.466. The molecule has 3 nitrogen and oxygen atoms in total. The maximum absolute atomic E-state index is 13.4. The summed E-state index contributed by atoms with van der Waals surface area (Å²) in [5.41, 5.74) is 4.83. The van der Waals surface area contributed by atoms with Crippen molar-refractivity contribution >= 4 is 0 Å². The quantitative estimate of drug-likeness (QED) is 0.728. The molecule has 0 spiro atoms. The van der Waals surface area contributed by atoms with Gasteiger partial charge in [-0.3, -0.25) is 0 Å². The summed E-state index contributed by atoms with van der Waals surface area (Å²) in [7, 11) is 0. The molecule has 1 aliphatic heterocycles. The van der Waals surface area contributed by atoms with Gasteiger partial charge in [-0.15, -0.1) is 0 Å². The van der Waals surface area contributed by atoms with Crippen LogP contribution in [0, 0.1) is 11.7 Å². The number of ether oxygens (including phenoxy) is 1. The summed E-state index contributed by atoms with van der Waals surface area (Å²) in [6, 6.07) is 4.52. The van der Waals surface area contributed by atoms with E-state index in [2.05, 4.69) is 0 Å². The van der Waals surface area contributed by atoms with Crippen LogP contribution in [-0.2, 0) is 5.60 Å². The summed E-state index contributed by atoms with van der Waals surface area (Å²) in [6.45, 7) is 2.18. The van der Waals surface area contributed by atoms with Gasteiger partial charge >= 0.3 is 0 Å². The first kappa shape index (κ1) is 10.4. The zero-order valence-corrected chi connectivity index (χ0v) is 8.53. The Morgan fingerprint density at radius 2 is 2.40 bits per heavy atom. The van der Waals surface area contributed by atoms with Crippen molar-refractivity contribution in [2.24, 2.45) is 11.7 Å².